The van der Waals surface area contributed by atoms with Crippen LogP contribution in [0.2, 0.25) is 0 Å². The number of benzene rings is 2. The van der Waals surface area contributed by atoms with Crippen LogP contribution in [0.4, 0.5) is 5.69 Å². The summed E-state index contributed by atoms with van der Waals surface area (Å²) in [5, 5.41) is 6.21. The van der Waals surface area contributed by atoms with E-state index in [1.54, 1.807) is 6.07 Å². The summed E-state index contributed by atoms with van der Waals surface area (Å²) >= 11 is 3.40. The van der Waals surface area contributed by atoms with E-state index in [9.17, 15) is 4.79 Å². The maximum absolute atomic E-state index is 12.3. The average molecular weight is 358 g/mol. The third kappa shape index (κ3) is 3.36. The van der Waals surface area contributed by atoms with Crippen LogP contribution >= 0.6 is 15.9 Å². The minimum atomic E-state index is -0.136. The highest BCUT2D eigenvalue weighted by Crippen LogP contribution is 2.18. The van der Waals surface area contributed by atoms with Crippen molar-refractivity contribution < 1.29 is 4.79 Å². The van der Waals surface area contributed by atoms with Gasteiger partial charge in [-0.1, -0.05) is 24.3 Å². The first-order chi connectivity index (χ1) is 10.7. The first kappa shape index (κ1) is 14.8. The van der Waals surface area contributed by atoms with Gasteiger partial charge in [0.1, 0.15) is 5.84 Å². The van der Waals surface area contributed by atoms with Crippen LogP contribution in [0.3, 0.4) is 0 Å². The number of carbonyl (C=O) groups excluding carboxylic acids is 1. The van der Waals surface area contributed by atoms with E-state index < -0.39 is 0 Å². The lowest BCUT2D eigenvalue weighted by atomic mass is 10.1. The molecule has 1 heterocycles. The van der Waals surface area contributed by atoms with Crippen LogP contribution in [-0.2, 0) is 0 Å². The van der Waals surface area contributed by atoms with Crippen LogP contribution in [-0.4, -0.2) is 24.8 Å². The summed E-state index contributed by atoms with van der Waals surface area (Å²) in [5.41, 5.74) is 2.36. The van der Waals surface area contributed by atoms with E-state index in [1.165, 1.54) is 0 Å². The first-order valence-electron chi connectivity index (χ1n) is 7.19. The fourth-order valence-electron chi connectivity index (χ4n) is 2.31. The summed E-state index contributed by atoms with van der Waals surface area (Å²) in [6.07, 6.45) is 1.06. The molecule has 4 nitrogen and oxygen atoms in total. The number of rotatable bonds is 3. The molecule has 0 radical (unpaired) electrons. The molecule has 0 unspecified atom stereocenters. The maximum atomic E-state index is 12.3. The van der Waals surface area contributed by atoms with Gasteiger partial charge in [-0.2, -0.15) is 0 Å². The predicted molar refractivity (Wildman–Crippen MR) is 92.6 cm³/mol. The van der Waals surface area contributed by atoms with E-state index in [2.05, 4.69) is 31.6 Å². The van der Waals surface area contributed by atoms with Crippen LogP contribution in [0.5, 0.6) is 0 Å². The quantitative estimate of drug-likeness (QED) is 0.883. The summed E-state index contributed by atoms with van der Waals surface area (Å²) in [7, 11) is 0. The monoisotopic (exact) mass is 357 g/mol. The molecule has 2 N–H and O–H groups in total. The van der Waals surface area contributed by atoms with E-state index in [1.807, 2.05) is 42.5 Å². The molecule has 0 spiro atoms. The molecule has 0 aromatic heterocycles. The Kier molecular flexibility index (Phi) is 4.53. The van der Waals surface area contributed by atoms with E-state index >= 15 is 0 Å². The Balaban J connectivity index is 1.80. The summed E-state index contributed by atoms with van der Waals surface area (Å²) in [6, 6.07) is 15.1. The largest absolute Gasteiger partial charge is 0.370 e. The second-order valence-corrected chi connectivity index (χ2v) is 5.88. The molecule has 5 heteroatoms. The molecule has 0 saturated heterocycles. The van der Waals surface area contributed by atoms with Gasteiger partial charge in [0.25, 0.3) is 5.91 Å². The summed E-state index contributed by atoms with van der Waals surface area (Å²) in [5.74, 6) is 0.756. The highest BCUT2D eigenvalue weighted by Gasteiger charge is 2.11. The van der Waals surface area contributed by atoms with Crippen molar-refractivity contribution in [2.75, 3.05) is 18.4 Å². The molecule has 0 atom stereocenters. The normalized spacial score (nSPS) is 14.0. The SMILES string of the molecule is O=C(Nc1cccc(C2=NCCCN2)c1)c1ccccc1Br. The van der Waals surface area contributed by atoms with Crippen molar-refractivity contribution in [2.45, 2.75) is 6.42 Å². The van der Waals surface area contributed by atoms with Crippen molar-refractivity contribution in [1.82, 2.24) is 5.32 Å². The zero-order valence-corrected chi connectivity index (χ0v) is 13.6. The molecule has 22 heavy (non-hydrogen) atoms. The highest BCUT2D eigenvalue weighted by molar-refractivity contribution is 9.10. The Morgan fingerprint density at radius 3 is 2.82 bits per heavy atom. The Labute approximate surface area is 137 Å². The molecule has 2 aromatic rings. The second-order valence-electron chi connectivity index (χ2n) is 5.03. The van der Waals surface area contributed by atoms with Gasteiger partial charge in [0.2, 0.25) is 0 Å². The van der Waals surface area contributed by atoms with Crippen molar-refractivity contribution in [3.63, 3.8) is 0 Å². The Hall–Kier alpha value is -2.14. The molecular formula is C17H16BrN3O. The average Bonchev–Trinajstić information content (AvgIpc) is 2.56. The van der Waals surface area contributed by atoms with Crippen molar-refractivity contribution in [2.24, 2.45) is 4.99 Å². The molecule has 0 saturated carbocycles. The number of hydrogen-bond acceptors (Lipinski definition) is 3. The Bertz CT molecular complexity index is 727. The standard InChI is InChI=1S/C17H16BrN3O/c18-15-8-2-1-7-14(15)17(22)21-13-6-3-5-12(11-13)16-19-9-4-10-20-16/h1-3,5-8,11H,4,9-10H2,(H,19,20)(H,21,22). The van der Waals surface area contributed by atoms with Gasteiger partial charge in [-0.15, -0.1) is 0 Å². The third-order valence-corrected chi connectivity index (χ3v) is 4.10. The lowest BCUT2D eigenvalue weighted by molar-refractivity contribution is 0.102. The summed E-state index contributed by atoms with van der Waals surface area (Å²) in [4.78, 5) is 16.8. The number of anilines is 1. The number of nitrogens with one attached hydrogen (secondary N) is 2. The van der Waals surface area contributed by atoms with Gasteiger partial charge in [0.15, 0.2) is 0 Å². The van der Waals surface area contributed by atoms with Crippen LogP contribution in [0.25, 0.3) is 0 Å². The molecule has 1 aliphatic heterocycles. The van der Waals surface area contributed by atoms with E-state index in [-0.39, 0.29) is 5.91 Å². The minimum absolute atomic E-state index is 0.136. The molecule has 112 valence electrons. The van der Waals surface area contributed by atoms with Gasteiger partial charge in [0.05, 0.1) is 5.56 Å². The molecule has 3 rings (SSSR count). The van der Waals surface area contributed by atoms with E-state index in [0.29, 0.717) is 5.56 Å². The number of aliphatic imine (C=N–C) groups is 1. The number of amidine groups is 1. The second kappa shape index (κ2) is 6.75. The zero-order chi connectivity index (χ0) is 15.4. The van der Waals surface area contributed by atoms with Gasteiger partial charge in [-0.05, 0) is 46.6 Å². The fraction of sp³-hybridized carbons (Fsp3) is 0.176. The van der Waals surface area contributed by atoms with E-state index in [0.717, 1.165) is 41.1 Å². The lowest BCUT2D eigenvalue weighted by Gasteiger charge is -2.15. The zero-order valence-electron chi connectivity index (χ0n) is 12.0. The Morgan fingerprint density at radius 1 is 1.18 bits per heavy atom. The van der Waals surface area contributed by atoms with Crippen LogP contribution in [0.1, 0.15) is 22.3 Å². The van der Waals surface area contributed by atoms with Crippen molar-refractivity contribution in [1.29, 1.82) is 0 Å². The van der Waals surface area contributed by atoms with Gasteiger partial charge in [0, 0.05) is 28.8 Å². The van der Waals surface area contributed by atoms with Gasteiger partial charge < -0.3 is 10.6 Å². The number of halogens is 1. The van der Waals surface area contributed by atoms with Crippen molar-refractivity contribution >= 4 is 33.4 Å². The van der Waals surface area contributed by atoms with Gasteiger partial charge in [-0.3, -0.25) is 9.79 Å². The fourth-order valence-corrected chi connectivity index (χ4v) is 2.78. The van der Waals surface area contributed by atoms with Crippen LogP contribution in [0, 0.1) is 0 Å². The molecule has 0 fully saturated rings. The van der Waals surface area contributed by atoms with E-state index in [4.69, 9.17) is 0 Å². The van der Waals surface area contributed by atoms with Gasteiger partial charge in [-0.25, -0.2) is 0 Å². The molecular weight excluding hydrogens is 342 g/mol. The highest BCUT2D eigenvalue weighted by atomic mass is 79.9. The molecule has 0 bridgehead atoms. The lowest BCUT2D eigenvalue weighted by Crippen LogP contribution is -2.30. The Morgan fingerprint density at radius 2 is 2.05 bits per heavy atom. The van der Waals surface area contributed by atoms with Crippen LogP contribution in [0.15, 0.2) is 58.0 Å². The number of nitrogens with zero attached hydrogens (tertiary/aromatic N) is 1. The maximum Gasteiger partial charge on any atom is 0.256 e. The van der Waals surface area contributed by atoms with Crippen LogP contribution < -0.4 is 10.6 Å². The predicted octanol–water partition coefficient (Wildman–Crippen LogP) is 3.44. The molecule has 0 aliphatic carbocycles. The number of carbonyl (C=O) groups is 1. The number of hydrogen-bond donors (Lipinski definition) is 2. The van der Waals surface area contributed by atoms with Gasteiger partial charge >= 0.3 is 0 Å². The minimum Gasteiger partial charge on any atom is -0.370 e. The summed E-state index contributed by atoms with van der Waals surface area (Å²) in [6.45, 7) is 1.78. The van der Waals surface area contributed by atoms with Crippen molar-refractivity contribution in [3.8, 4) is 0 Å². The topological polar surface area (TPSA) is 53.5 Å². The smallest absolute Gasteiger partial charge is 0.256 e. The number of amides is 1. The third-order valence-electron chi connectivity index (χ3n) is 3.41. The molecule has 1 amide bonds. The molecule has 1 aliphatic rings. The first-order valence-corrected chi connectivity index (χ1v) is 7.98. The molecule has 2 aromatic carbocycles. The van der Waals surface area contributed by atoms with Crippen molar-refractivity contribution in [3.05, 3.63) is 64.1 Å². The summed E-state index contributed by atoms with van der Waals surface area (Å²) < 4.78 is 0.780.